The van der Waals surface area contributed by atoms with E-state index in [4.69, 9.17) is 0 Å². The molecule has 3 rings (SSSR count). The van der Waals surface area contributed by atoms with Gasteiger partial charge in [-0.05, 0) is 48.1 Å². The van der Waals surface area contributed by atoms with Gasteiger partial charge in [-0.25, -0.2) is 0 Å². The highest BCUT2D eigenvalue weighted by atomic mass is 16.2. The second kappa shape index (κ2) is 4.97. The van der Waals surface area contributed by atoms with Crippen LogP contribution in [0.3, 0.4) is 0 Å². The number of nitrogens with zero attached hydrogens (tertiary/aromatic N) is 1. The fourth-order valence-corrected chi connectivity index (χ4v) is 3.02. The number of aromatic nitrogens is 1. The van der Waals surface area contributed by atoms with Gasteiger partial charge in [0.2, 0.25) is 5.91 Å². The minimum absolute atomic E-state index is 0.0501. The number of benzene rings is 1. The van der Waals surface area contributed by atoms with E-state index in [-0.39, 0.29) is 16.9 Å². The Hall–Kier alpha value is -2.10. The fraction of sp³-hybridized carbons (Fsp3) is 0.444. The first-order chi connectivity index (χ1) is 10.3. The van der Waals surface area contributed by atoms with E-state index in [0.29, 0.717) is 6.54 Å². The van der Waals surface area contributed by atoms with Crippen LogP contribution in [-0.4, -0.2) is 22.3 Å². The van der Waals surface area contributed by atoms with Gasteiger partial charge in [-0.3, -0.25) is 9.59 Å². The normalized spacial score (nSPS) is 15.0. The lowest BCUT2D eigenvalue weighted by molar-refractivity contribution is -0.140. The Balaban J connectivity index is 2.01. The summed E-state index contributed by atoms with van der Waals surface area (Å²) in [4.78, 5) is 29.1. The maximum absolute atomic E-state index is 12.5. The van der Waals surface area contributed by atoms with Gasteiger partial charge >= 0.3 is 0 Å². The number of hydrogen-bond acceptors (Lipinski definition) is 2. The predicted octanol–water partition coefficient (Wildman–Crippen LogP) is 2.77. The lowest BCUT2D eigenvalue weighted by Gasteiger charge is -2.33. The molecule has 116 valence electrons. The lowest BCUT2D eigenvalue weighted by Crippen LogP contribution is -2.42. The monoisotopic (exact) mass is 298 g/mol. The Bertz CT molecular complexity index is 812. The Morgan fingerprint density at radius 2 is 1.91 bits per heavy atom. The number of amides is 1. The molecule has 0 unspecified atom stereocenters. The van der Waals surface area contributed by atoms with Gasteiger partial charge in [0.15, 0.2) is 0 Å². The Kier molecular flexibility index (Phi) is 3.35. The highest BCUT2D eigenvalue weighted by Crippen LogP contribution is 2.27. The largest absolute Gasteiger partial charge is 0.338 e. The van der Waals surface area contributed by atoms with E-state index in [1.165, 1.54) is 5.56 Å². The molecule has 22 heavy (non-hydrogen) atoms. The molecule has 1 amide bonds. The molecule has 0 spiro atoms. The van der Waals surface area contributed by atoms with Crippen LogP contribution in [0, 0.1) is 12.3 Å². The molecule has 0 radical (unpaired) electrons. The summed E-state index contributed by atoms with van der Waals surface area (Å²) in [5.74, 6) is 0.177. The van der Waals surface area contributed by atoms with Crippen molar-refractivity contribution in [2.75, 3.05) is 6.54 Å². The van der Waals surface area contributed by atoms with E-state index >= 15 is 0 Å². The van der Waals surface area contributed by atoms with Crippen molar-refractivity contribution in [3.05, 3.63) is 45.2 Å². The number of carbonyl (C=O) groups excluding carboxylic acids is 1. The van der Waals surface area contributed by atoms with E-state index in [1.807, 2.05) is 44.7 Å². The number of aromatic amines is 1. The van der Waals surface area contributed by atoms with E-state index in [1.54, 1.807) is 0 Å². The van der Waals surface area contributed by atoms with Crippen LogP contribution in [0.1, 0.15) is 37.5 Å². The van der Waals surface area contributed by atoms with Gasteiger partial charge in [0.25, 0.3) is 5.56 Å². The molecule has 0 aliphatic carbocycles. The molecule has 2 aromatic rings. The van der Waals surface area contributed by atoms with Crippen LogP contribution in [0.25, 0.3) is 10.9 Å². The number of rotatable bonds is 0. The third-order valence-electron chi connectivity index (χ3n) is 4.29. The summed E-state index contributed by atoms with van der Waals surface area (Å²) in [6.07, 6.45) is 0.866. The van der Waals surface area contributed by atoms with E-state index in [0.717, 1.165) is 35.0 Å². The SMILES string of the molecule is Cc1cc2cc3c(cc2[nH]c1=O)CN(C(=O)C(C)(C)C)CC3. The van der Waals surface area contributed by atoms with Crippen LogP contribution >= 0.6 is 0 Å². The Morgan fingerprint density at radius 3 is 2.59 bits per heavy atom. The standard InChI is InChI=1S/C18H22N2O2/c1-11-7-13-8-12-5-6-20(17(22)18(2,3)4)10-14(12)9-15(13)19-16(11)21/h7-9H,5-6,10H2,1-4H3,(H,19,21). The second-order valence-corrected chi connectivity index (χ2v) is 7.22. The zero-order valence-electron chi connectivity index (χ0n) is 13.6. The number of carbonyl (C=O) groups is 1. The molecular formula is C18H22N2O2. The molecule has 1 aromatic heterocycles. The van der Waals surface area contributed by atoms with Crippen LogP contribution in [-0.2, 0) is 17.8 Å². The fourth-order valence-electron chi connectivity index (χ4n) is 3.02. The van der Waals surface area contributed by atoms with Crippen LogP contribution in [0.15, 0.2) is 23.0 Å². The third-order valence-corrected chi connectivity index (χ3v) is 4.29. The first-order valence-electron chi connectivity index (χ1n) is 7.70. The zero-order chi connectivity index (χ0) is 16.1. The summed E-state index contributed by atoms with van der Waals surface area (Å²) in [5.41, 5.74) is 3.57. The Morgan fingerprint density at radius 1 is 1.18 bits per heavy atom. The summed E-state index contributed by atoms with van der Waals surface area (Å²) < 4.78 is 0. The lowest BCUT2D eigenvalue weighted by atomic mass is 9.91. The molecule has 4 heteroatoms. The topological polar surface area (TPSA) is 53.2 Å². The van der Waals surface area contributed by atoms with Gasteiger partial charge < -0.3 is 9.88 Å². The molecular weight excluding hydrogens is 276 g/mol. The zero-order valence-corrected chi connectivity index (χ0v) is 13.6. The maximum atomic E-state index is 12.5. The summed E-state index contributed by atoms with van der Waals surface area (Å²) in [6.45, 7) is 9.05. The van der Waals surface area contributed by atoms with Gasteiger partial charge in [-0.15, -0.1) is 0 Å². The van der Waals surface area contributed by atoms with Gasteiger partial charge in [-0.2, -0.15) is 0 Å². The predicted molar refractivity (Wildman–Crippen MR) is 87.9 cm³/mol. The van der Waals surface area contributed by atoms with Crippen LogP contribution in [0.5, 0.6) is 0 Å². The molecule has 0 saturated carbocycles. The van der Waals surface area contributed by atoms with Crippen molar-refractivity contribution in [2.45, 2.75) is 40.7 Å². The molecule has 0 atom stereocenters. The third kappa shape index (κ3) is 2.54. The van der Waals surface area contributed by atoms with Crippen LogP contribution in [0.2, 0.25) is 0 Å². The number of H-pyrrole nitrogens is 1. The summed E-state index contributed by atoms with van der Waals surface area (Å²) in [6, 6.07) is 6.10. The molecule has 0 bridgehead atoms. The summed E-state index contributed by atoms with van der Waals surface area (Å²) in [7, 11) is 0. The van der Waals surface area contributed by atoms with Crippen LogP contribution in [0.4, 0.5) is 0 Å². The minimum atomic E-state index is -0.361. The van der Waals surface area contributed by atoms with Gasteiger partial charge in [0, 0.05) is 29.6 Å². The maximum Gasteiger partial charge on any atom is 0.251 e. The highest BCUT2D eigenvalue weighted by molar-refractivity contribution is 5.83. The first-order valence-corrected chi connectivity index (χ1v) is 7.70. The van der Waals surface area contributed by atoms with Gasteiger partial charge in [-0.1, -0.05) is 20.8 Å². The summed E-state index contributed by atoms with van der Waals surface area (Å²) in [5, 5.41) is 1.06. The number of nitrogens with one attached hydrogen (secondary N) is 1. The first kappa shape index (κ1) is 14.8. The van der Waals surface area contributed by atoms with Crippen molar-refractivity contribution < 1.29 is 4.79 Å². The number of pyridine rings is 1. The average Bonchev–Trinajstić information content (AvgIpc) is 2.44. The molecule has 2 heterocycles. The van der Waals surface area contributed by atoms with Crippen molar-refractivity contribution in [1.82, 2.24) is 9.88 Å². The molecule has 1 aromatic carbocycles. The highest BCUT2D eigenvalue weighted by Gasteiger charge is 2.29. The van der Waals surface area contributed by atoms with E-state index in [2.05, 4.69) is 11.1 Å². The molecule has 0 fully saturated rings. The Labute approximate surface area is 130 Å². The molecule has 1 N–H and O–H groups in total. The quantitative estimate of drug-likeness (QED) is 0.813. The molecule has 1 aliphatic heterocycles. The van der Waals surface area contributed by atoms with E-state index in [9.17, 15) is 9.59 Å². The second-order valence-electron chi connectivity index (χ2n) is 7.22. The minimum Gasteiger partial charge on any atom is -0.338 e. The summed E-state index contributed by atoms with van der Waals surface area (Å²) >= 11 is 0. The average molecular weight is 298 g/mol. The van der Waals surface area contributed by atoms with Crippen molar-refractivity contribution >= 4 is 16.8 Å². The number of fused-ring (bicyclic) bond motifs is 2. The smallest absolute Gasteiger partial charge is 0.251 e. The van der Waals surface area contributed by atoms with E-state index < -0.39 is 0 Å². The van der Waals surface area contributed by atoms with Crippen molar-refractivity contribution in [3.8, 4) is 0 Å². The van der Waals surface area contributed by atoms with Crippen molar-refractivity contribution in [2.24, 2.45) is 5.41 Å². The van der Waals surface area contributed by atoms with Crippen molar-refractivity contribution in [3.63, 3.8) is 0 Å². The van der Waals surface area contributed by atoms with Crippen molar-refractivity contribution in [1.29, 1.82) is 0 Å². The molecule has 0 saturated heterocycles. The number of aryl methyl sites for hydroxylation is 1. The van der Waals surface area contributed by atoms with Gasteiger partial charge in [0.05, 0.1) is 0 Å². The molecule has 1 aliphatic rings. The number of hydrogen-bond donors (Lipinski definition) is 1. The van der Waals surface area contributed by atoms with Crippen LogP contribution < -0.4 is 5.56 Å². The van der Waals surface area contributed by atoms with Gasteiger partial charge in [0.1, 0.15) is 0 Å². The molecule has 4 nitrogen and oxygen atoms in total.